The fraction of sp³-hybridized carbons (Fsp3) is 0.435. The van der Waals surface area contributed by atoms with Crippen molar-refractivity contribution >= 4 is 16.9 Å². The average molecular weight is 377 g/mol. The van der Waals surface area contributed by atoms with Crippen LogP contribution in [0, 0.1) is 12.8 Å². The SMILES string of the molecule is Cc1ncccc1-c1cc2cccnc2n1CCC(=O)N1CCC[C@@H](C)[C@@H]1C. The number of aromatic nitrogens is 3. The first-order chi connectivity index (χ1) is 13.6. The molecule has 0 aliphatic carbocycles. The van der Waals surface area contributed by atoms with Gasteiger partial charge in [0.15, 0.2) is 0 Å². The van der Waals surface area contributed by atoms with Gasteiger partial charge in [-0.3, -0.25) is 9.78 Å². The Labute approximate surface area is 166 Å². The van der Waals surface area contributed by atoms with Crippen LogP contribution in [-0.2, 0) is 11.3 Å². The van der Waals surface area contributed by atoms with Gasteiger partial charge in [0.05, 0.1) is 5.69 Å². The fourth-order valence-corrected chi connectivity index (χ4v) is 4.33. The summed E-state index contributed by atoms with van der Waals surface area (Å²) in [6.07, 6.45) is 6.43. The van der Waals surface area contributed by atoms with Crippen LogP contribution in [0.25, 0.3) is 22.3 Å². The Morgan fingerprint density at radius 3 is 2.79 bits per heavy atom. The van der Waals surface area contributed by atoms with E-state index in [0.717, 1.165) is 41.0 Å². The Balaban J connectivity index is 1.64. The fourth-order valence-electron chi connectivity index (χ4n) is 4.33. The van der Waals surface area contributed by atoms with Crippen molar-refractivity contribution in [1.82, 2.24) is 19.4 Å². The first kappa shape index (κ1) is 18.7. The van der Waals surface area contributed by atoms with Crippen LogP contribution in [0.2, 0.25) is 0 Å². The number of carbonyl (C=O) groups is 1. The Kier molecular flexibility index (Phi) is 5.16. The molecule has 0 aromatic carbocycles. The maximum absolute atomic E-state index is 13.0. The molecule has 1 fully saturated rings. The lowest BCUT2D eigenvalue weighted by atomic mass is 9.92. The second kappa shape index (κ2) is 7.74. The van der Waals surface area contributed by atoms with Crippen molar-refractivity contribution in [2.45, 2.75) is 52.6 Å². The molecule has 1 amide bonds. The van der Waals surface area contributed by atoms with Gasteiger partial charge in [0.1, 0.15) is 5.65 Å². The molecule has 5 nitrogen and oxygen atoms in total. The third-order valence-corrected chi connectivity index (χ3v) is 6.18. The number of hydrogen-bond donors (Lipinski definition) is 0. The third kappa shape index (κ3) is 3.41. The predicted molar refractivity (Wildman–Crippen MR) is 112 cm³/mol. The molecule has 0 spiro atoms. The molecule has 2 atom stereocenters. The van der Waals surface area contributed by atoms with Crippen molar-refractivity contribution < 1.29 is 4.79 Å². The molecule has 1 saturated heterocycles. The van der Waals surface area contributed by atoms with E-state index >= 15 is 0 Å². The maximum Gasteiger partial charge on any atom is 0.224 e. The lowest BCUT2D eigenvalue weighted by Crippen LogP contribution is -2.46. The van der Waals surface area contributed by atoms with Crippen LogP contribution in [-0.4, -0.2) is 37.9 Å². The van der Waals surface area contributed by atoms with Crippen LogP contribution in [0.1, 0.15) is 38.8 Å². The molecular formula is C23H28N4O. The monoisotopic (exact) mass is 376 g/mol. The minimum Gasteiger partial charge on any atom is -0.340 e. The number of rotatable bonds is 4. The van der Waals surface area contributed by atoms with E-state index in [-0.39, 0.29) is 5.91 Å². The summed E-state index contributed by atoms with van der Waals surface area (Å²) in [7, 11) is 0. The Morgan fingerprint density at radius 2 is 1.96 bits per heavy atom. The smallest absolute Gasteiger partial charge is 0.224 e. The van der Waals surface area contributed by atoms with Crippen LogP contribution in [0.4, 0.5) is 0 Å². The van der Waals surface area contributed by atoms with Crippen LogP contribution in [0.15, 0.2) is 42.7 Å². The van der Waals surface area contributed by atoms with E-state index in [1.807, 2.05) is 31.5 Å². The van der Waals surface area contributed by atoms with Crippen LogP contribution < -0.4 is 0 Å². The molecule has 0 bridgehead atoms. The average Bonchev–Trinajstić information content (AvgIpc) is 3.07. The topological polar surface area (TPSA) is 51.0 Å². The van der Waals surface area contributed by atoms with Crippen molar-refractivity contribution in [3.05, 3.63) is 48.4 Å². The van der Waals surface area contributed by atoms with Gasteiger partial charge >= 0.3 is 0 Å². The molecule has 1 aliphatic heterocycles. The number of amides is 1. The molecule has 4 rings (SSSR count). The number of pyridine rings is 2. The normalized spacial score (nSPS) is 19.9. The minimum absolute atomic E-state index is 0.241. The molecule has 1 aliphatic rings. The first-order valence-electron chi connectivity index (χ1n) is 10.2. The Hall–Kier alpha value is -2.69. The molecule has 0 radical (unpaired) electrons. The van der Waals surface area contributed by atoms with Crippen LogP contribution in [0.5, 0.6) is 0 Å². The van der Waals surface area contributed by atoms with E-state index in [9.17, 15) is 4.79 Å². The molecule has 146 valence electrons. The van der Waals surface area contributed by atoms with E-state index in [4.69, 9.17) is 0 Å². The lowest BCUT2D eigenvalue weighted by Gasteiger charge is -2.38. The highest BCUT2D eigenvalue weighted by Gasteiger charge is 2.28. The summed E-state index contributed by atoms with van der Waals surface area (Å²) in [5.74, 6) is 0.811. The van der Waals surface area contributed by atoms with Gasteiger partial charge in [0.25, 0.3) is 0 Å². The molecular weight excluding hydrogens is 348 g/mol. The van der Waals surface area contributed by atoms with Gasteiger partial charge in [-0.25, -0.2) is 4.98 Å². The summed E-state index contributed by atoms with van der Waals surface area (Å²) in [6, 6.07) is 10.5. The summed E-state index contributed by atoms with van der Waals surface area (Å²) < 4.78 is 2.18. The highest BCUT2D eigenvalue weighted by atomic mass is 16.2. The minimum atomic E-state index is 0.241. The molecule has 5 heteroatoms. The van der Waals surface area contributed by atoms with Gasteiger partial charge in [0, 0.05) is 54.6 Å². The van der Waals surface area contributed by atoms with Gasteiger partial charge in [-0.1, -0.05) is 6.92 Å². The van der Waals surface area contributed by atoms with Crippen molar-refractivity contribution in [3.8, 4) is 11.3 Å². The van der Waals surface area contributed by atoms with Crippen LogP contribution >= 0.6 is 0 Å². The largest absolute Gasteiger partial charge is 0.340 e. The van der Waals surface area contributed by atoms with E-state index < -0.39 is 0 Å². The summed E-state index contributed by atoms with van der Waals surface area (Å²) in [4.78, 5) is 24.1. The van der Waals surface area contributed by atoms with Crippen molar-refractivity contribution in [1.29, 1.82) is 0 Å². The van der Waals surface area contributed by atoms with E-state index in [1.165, 1.54) is 6.42 Å². The maximum atomic E-state index is 13.0. The number of aryl methyl sites for hydroxylation is 2. The lowest BCUT2D eigenvalue weighted by molar-refractivity contribution is -0.135. The standard InChI is InChI=1S/C23H28N4O/c1-16-7-6-13-26(18(16)3)22(28)10-14-27-21(20-9-5-11-24-17(20)2)15-19-8-4-12-25-23(19)27/h4-5,8-9,11-12,15-16,18H,6-7,10,13-14H2,1-3H3/t16-,18+/m1/s1. The van der Waals surface area contributed by atoms with Gasteiger partial charge in [-0.15, -0.1) is 0 Å². The van der Waals surface area contributed by atoms with Gasteiger partial charge < -0.3 is 9.47 Å². The summed E-state index contributed by atoms with van der Waals surface area (Å²) in [5.41, 5.74) is 4.07. The molecule has 28 heavy (non-hydrogen) atoms. The van der Waals surface area contributed by atoms with Gasteiger partial charge in [0.2, 0.25) is 5.91 Å². The molecule has 4 heterocycles. The highest BCUT2D eigenvalue weighted by Crippen LogP contribution is 2.29. The van der Waals surface area contributed by atoms with E-state index in [1.54, 1.807) is 0 Å². The van der Waals surface area contributed by atoms with E-state index in [2.05, 4.69) is 51.5 Å². The Morgan fingerprint density at radius 1 is 1.18 bits per heavy atom. The zero-order valence-corrected chi connectivity index (χ0v) is 16.9. The first-order valence-corrected chi connectivity index (χ1v) is 10.2. The molecule has 3 aromatic heterocycles. The van der Waals surface area contributed by atoms with Gasteiger partial charge in [-0.2, -0.15) is 0 Å². The number of carbonyl (C=O) groups excluding carboxylic acids is 1. The second-order valence-corrected chi connectivity index (χ2v) is 7.93. The zero-order valence-electron chi connectivity index (χ0n) is 16.9. The summed E-state index contributed by atoms with van der Waals surface area (Å²) in [6.45, 7) is 7.95. The molecule has 3 aromatic rings. The highest BCUT2D eigenvalue weighted by molar-refractivity contribution is 5.85. The summed E-state index contributed by atoms with van der Waals surface area (Å²) in [5, 5.41) is 1.09. The number of hydrogen-bond acceptors (Lipinski definition) is 3. The second-order valence-electron chi connectivity index (χ2n) is 7.93. The van der Waals surface area contributed by atoms with Crippen molar-refractivity contribution in [2.24, 2.45) is 5.92 Å². The van der Waals surface area contributed by atoms with Crippen LogP contribution in [0.3, 0.4) is 0 Å². The molecule has 0 N–H and O–H groups in total. The van der Waals surface area contributed by atoms with Crippen molar-refractivity contribution in [2.75, 3.05) is 6.54 Å². The molecule has 0 saturated carbocycles. The number of fused-ring (bicyclic) bond motifs is 1. The Bertz CT molecular complexity index is 993. The number of likely N-dealkylation sites (tertiary alicyclic amines) is 1. The number of piperidine rings is 1. The van der Waals surface area contributed by atoms with Gasteiger partial charge in [-0.05, 0) is 62.9 Å². The third-order valence-electron chi connectivity index (χ3n) is 6.18. The molecule has 0 unspecified atom stereocenters. The number of nitrogens with zero attached hydrogens (tertiary/aromatic N) is 4. The predicted octanol–water partition coefficient (Wildman–Crippen LogP) is 4.44. The van der Waals surface area contributed by atoms with Crippen molar-refractivity contribution in [3.63, 3.8) is 0 Å². The van der Waals surface area contributed by atoms with E-state index in [0.29, 0.717) is 24.9 Å². The summed E-state index contributed by atoms with van der Waals surface area (Å²) >= 11 is 0. The quantitative estimate of drug-likeness (QED) is 0.676. The zero-order chi connectivity index (χ0) is 19.7.